The minimum Gasteiger partial charge on any atom is -0.508 e. The third-order valence-corrected chi connectivity index (χ3v) is 2.64. The van der Waals surface area contributed by atoms with Crippen molar-refractivity contribution < 1.29 is 5.11 Å². The predicted molar refractivity (Wildman–Crippen MR) is 62.2 cm³/mol. The molecular weight excluding hydrogens is 242 g/mol. The minimum absolute atomic E-state index is 0.222. The van der Waals surface area contributed by atoms with E-state index in [4.69, 9.17) is 5.73 Å². The molecule has 3 N–H and O–H groups in total. The fourth-order valence-electron chi connectivity index (χ4n) is 1.38. The molecule has 0 saturated heterocycles. The van der Waals surface area contributed by atoms with E-state index in [1.807, 2.05) is 13.0 Å². The minimum atomic E-state index is -0.574. The Morgan fingerprint density at radius 1 is 1.64 bits per heavy atom. The SMILES string of the molecule is C=CC[C@](C)(N)c1cc(Br)ccc1O. The summed E-state index contributed by atoms with van der Waals surface area (Å²) in [5.41, 5.74) is 6.22. The van der Waals surface area contributed by atoms with Crippen LogP contribution in [0.3, 0.4) is 0 Å². The predicted octanol–water partition coefficient (Wildman–Crippen LogP) is 2.90. The average Bonchev–Trinajstić information content (AvgIpc) is 2.09. The average molecular weight is 256 g/mol. The maximum absolute atomic E-state index is 9.66. The number of phenols is 1. The number of hydrogen-bond donors (Lipinski definition) is 2. The van der Waals surface area contributed by atoms with Crippen molar-refractivity contribution in [2.24, 2.45) is 5.73 Å². The molecule has 0 spiro atoms. The largest absolute Gasteiger partial charge is 0.508 e. The molecule has 1 atom stereocenters. The molecule has 0 aliphatic carbocycles. The second kappa shape index (κ2) is 4.15. The maximum atomic E-state index is 9.66. The van der Waals surface area contributed by atoms with Crippen LogP contribution in [-0.2, 0) is 5.54 Å². The lowest BCUT2D eigenvalue weighted by atomic mass is 9.89. The van der Waals surface area contributed by atoms with E-state index in [0.717, 1.165) is 10.0 Å². The molecule has 0 amide bonds. The van der Waals surface area contributed by atoms with Gasteiger partial charge in [-0.05, 0) is 31.5 Å². The fraction of sp³-hybridized carbons (Fsp3) is 0.273. The number of nitrogens with two attached hydrogens (primary N) is 1. The van der Waals surface area contributed by atoms with Gasteiger partial charge in [0, 0.05) is 15.6 Å². The Hall–Kier alpha value is -0.800. The first kappa shape index (κ1) is 11.3. The molecule has 2 nitrogen and oxygen atoms in total. The quantitative estimate of drug-likeness (QED) is 0.817. The zero-order valence-electron chi connectivity index (χ0n) is 8.13. The third-order valence-electron chi connectivity index (χ3n) is 2.14. The van der Waals surface area contributed by atoms with Crippen LogP contribution in [0, 0.1) is 0 Å². The van der Waals surface area contributed by atoms with Gasteiger partial charge in [0.25, 0.3) is 0 Å². The lowest BCUT2D eigenvalue weighted by Crippen LogP contribution is -2.32. The van der Waals surface area contributed by atoms with Crippen molar-refractivity contribution >= 4 is 15.9 Å². The molecule has 0 aliphatic heterocycles. The standard InChI is InChI=1S/C11H14BrNO/c1-3-6-11(2,13)9-7-8(12)4-5-10(9)14/h3-5,7,14H,1,6,13H2,2H3/t11-/m0/s1. The lowest BCUT2D eigenvalue weighted by molar-refractivity contribution is 0.426. The Labute approximate surface area is 92.6 Å². The highest BCUT2D eigenvalue weighted by Crippen LogP contribution is 2.32. The summed E-state index contributed by atoms with van der Waals surface area (Å²) in [6.07, 6.45) is 2.37. The molecule has 1 aromatic rings. The first-order valence-corrected chi connectivity index (χ1v) is 5.15. The van der Waals surface area contributed by atoms with Gasteiger partial charge < -0.3 is 10.8 Å². The van der Waals surface area contributed by atoms with Crippen LogP contribution in [0.5, 0.6) is 5.75 Å². The summed E-state index contributed by atoms with van der Waals surface area (Å²) in [7, 11) is 0. The molecule has 3 heteroatoms. The van der Waals surface area contributed by atoms with E-state index < -0.39 is 5.54 Å². The molecule has 1 aromatic carbocycles. The van der Waals surface area contributed by atoms with E-state index >= 15 is 0 Å². The summed E-state index contributed by atoms with van der Waals surface area (Å²) in [4.78, 5) is 0. The summed E-state index contributed by atoms with van der Waals surface area (Å²) >= 11 is 3.35. The Bertz CT molecular complexity index is 347. The van der Waals surface area contributed by atoms with Gasteiger partial charge in [0.05, 0.1) is 0 Å². The smallest absolute Gasteiger partial charge is 0.120 e. The molecule has 0 bridgehead atoms. The fourth-order valence-corrected chi connectivity index (χ4v) is 1.74. The molecular formula is C11H14BrNO. The molecule has 0 fully saturated rings. The first-order valence-electron chi connectivity index (χ1n) is 4.36. The summed E-state index contributed by atoms with van der Waals surface area (Å²) in [5, 5.41) is 9.66. The summed E-state index contributed by atoms with van der Waals surface area (Å²) < 4.78 is 0.908. The van der Waals surface area contributed by atoms with Gasteiger partial charge in [-0.3, -0.25) is 0 Å². The highest BCUT2D eigenvalue weighted by molar-refractivity contribution is 9.10. The van der Waals surface area contributed by atoms with E-state index in [9.17, 15) is 5.11 Å². The highest BCUT2D eigenvalue weighted by atomic mass is 79.9. The molecule has 0 heterocycles. The van der Waals surface area contributed by atoms with Crippen LogP contribution in [0.1, 0.15) is 18.9 Å². The Morgan fingerprint density at radius 2 is 2.29 bits per heavy atom. The highest BCUT2D eigenvalue weighted by Gasteiger charge is 2.22. The molecule has 0 aliphatic rings. The van der Waals surface area contributed by atoms with Crippen molar-refractivity contribution in [3.05, 3.63) is 40.9 Å². The van der Waals surface area contributed by atoms with E-state index in [2.05, 4.69) is 22.5 Å². The number of phenolic OH excluding ortho intramolecular Hbond substituents is 1. The normalized spacial score (nSPS) is 14.8. The zero-order chi connectivity index (χ0) is 10.8. The van der Waals surface area contributed by atoms with Crippen molar-refractivity contribution in [3.8, 4) is 5.75 Å². The zero-order valence-corrected chi connectivity index (χ0v) is 9.71. The first-order chi connectivity index (χ1) is 6.47. The Balaban J connectivity index is 3.16. The van der Waals surface area contributed by atoms with Gasteiger partial charge in [-0.15, -0.1) is 6.58 Å². The molecule has 0 unspecified atom stereocenters. The van der Waals surface area contributed by atoms with Gasteiger partial charge in [0.15, 0.2) is 0 Å². The Kier molecular flexibility index (Phi) is 3.34. The number of rotatable bonds is 3. The van der Waals surface area contributed by atoms with Crippen molar-refractivity contribution in [3.63, 3.8) is 0 Å². The Morgan fingerprint density at radius 3 is 2.86 bits per heavy atom. The maximum Gasteiger partial charge on any atom is 0.120 e. The van der Waals surface area contributed by atoms with Crippen LogP contribution in [0.4, 0.5) is 0 Å². The number of benzene rings is 1. The van der Waals surface area contributed by atoms with Gasteiger partial charge in [0.2, 0.25) is 0 Å². The van der Waals surface area contributed by atoms with E-state index in [0.29, 0.717) is 6.42 Å². The molecule has 0 saturated carbocycles. The summed E-state index contributed by atoms with van der Waals surface area (Å²) in [6, 6.07) is 5.25. The van der Waals surface area contributed by atoms with Gasteiger partial charge in [-0.2, -0.15) is 0 Å². The number of halogens is 1. The van der Waals surface area contributed by atoms with Crippen molar-refractivity contribution in [2.75, 3.05) is 0 Å². The van der Waals surface area contributed by atoms with Crippen molar-refractivity contribution in [1.82, 2.24) is 0 Å². The second-order valence-corrected chi connectivity index (χ2v) is 4.49. The van der Waals surface area contributed by atoms with Crippen LogP contribution in [0.25, 0.3) is 0 Å². The molecule has 1 rings (SSSR count). The van der Waals surface area contributed by atoms with Crippen LogP contribution in [-0.4, -0.2) is 5.11 Å². The van der Waals surface area contributed by atoms with E-state index in [1.165, 1.54) is 0 Å². The lowest BCUT2D eigenvalue weighted by Gasteiger charge is -2.24. The monoisotopic (exact) mass is 255 g/mol. The topological polar surface area (TPSA) is 46.2 Å². The summed E-state index contributed by atoms with van der Waals surface area (Å²) in [5.74, 6) is 0.222. The van der Waals surface area contributed by atoms with Gasteiger partial charge in [0.1, 0.15) is 5.75 Å². The molecule has 76 valence electrons. The van der Waals surface area contributed by atoms with E-state index in [-0.39, 0.29) is 5.75 Å². The summed E-state index contributed by atoms with van der Waals surface area (Å²) in [6.45, 7) is 5.52. The van der Waals surface area contributed by atoms with E-state index in [1.54, 1.807) is 18.2 Å². The number of aromatic hydroxyl groups is 1. The molecule has 14 heavy (non-hydrogen) atoms. The third kappa shape index (κ3) is 2.36. The van der Waals surface area contributed by atoms with Crippen LogP contribution >= 0.6 is 15.9 Å². The molecule has 0 radical (unpaired) electrons. The second-order valence-electron chi connectivity index (χ2n) is 3.57. The van der Waals surface area contributed by atoms with Crippen LogP contribution in [0.15, 0.2) is 35.3 Å². The number of hydrogen-bond acceptors (Lipinski definition) is 2. The van der Waals surface area contributed by atoms with Gasteiger partial charge >= 0.3 is 0 Å². The van der Waals surface area contributed by atoms with Crippen LogP contribution in [0.2, 0.25) is 0 Å². The van der Waals surface area contributed by atoms with Gasteiger partial charge in [-0.25, -0.2) is 0 Å². The van der Waals surface area contributed by atoms with Crippen LogP contribution < -0.4 is 5.73 Å². The van der Waals surface area contributed by atoms with Crippen molar-refractivity contribution in [1.29, 1.82) is 0 Å². The van der Waals surface area contributed by atoms with Crippen molar-refractivity contribution in [2.45, 2.75) is 18.9 Å². The van der Waals surface area contributed by atoms with Gasteiger partial charge in [-0.1, -0.05) is 22.0 Å². The molecule has 0 aromatic heterocycles.